The molecular weight excluding hydrogens is 224 g/mol. The van der Waals surface area contributed by atoms with E-state index in [0.717, 1.165) is 0 Å². The summed E-state index contributed by atoms with van der Waals surface area (Å²) in [7, 11) is 0.257. The highest BCUT2D eigenvalue weighted by atomic mass is 32.2. The minimum Gasteiger partial charge on any atom is -0.293 e. The Morgan fingerprint density at radius 2 is 1.94 bits per heavy atom. The summed E-state index contributed by atoms with van der Waals surface area (Å²) < 4.78 is 26.6. The quantitative estimate of drug-likeness (QED) is 0.784. The smallest absolute Gasteiger partial charge is 0.241 e. The van der Waals surface area contributed by atoms with Crippen molar-refractivity contribution < 1.29 is 8.42 Å². The summed E-state index contributed by atoms with van der Waals surface area (Å²) >= 11 is 0. The number of rotatable bonds is 5. The van der Waals surface area contributed by atoms with Gasteiger partial charge in [-0.05, 0) is 38.7 Å². The maximum atomic E-state index is 12.0. The van der Waals surface area contributed by atoms with Crippen molar-refractivity contribution in [3.8, 4) is 0 Å². The molecule has 0 aliphatic carbocycles. The molecular formula is C11H17N2O2S. The summed E-state index contributed by atoms with van der Waals surface area (Å²) in [5.74, 6) is 0. The standard InChI is InChI=1S/C11H17N2O2S/c1-4-11(13(2)3)12-16(14,15)10-8-6-5-7-9-10/h6-9,11-12H,4H2,1-3H3. The van der Waals surface area contributed by atoms with E-state index < -0.39 is 10.0 Å². The number of hydrogen-bond acceptors (Lipinski definition) is 3. The predicted octanol–water partition coefficient (Wildman–Crippen LogP) is 1.06. The van der Waals surface area contributed by atoms with Gasteiger partial charge in [0.05, 0.1) is 11.1 Å². The number of hydrogen-bond donors (Lipinski definition) is 1. The molecule has 89 valence electrons. The molecule has 1 unspecified atom stereocenters. The van der Waals surface area contributed by atoms with Crippen molar-refractivity contribution in [3.05, 3.63) is 30.3 Å². The van der Waals surface area contributed by atoms with Gasteiger partial charge in [0, 0.05) is 0 Å². The predicted molar refractivity (Wildman–Crippen MR) is 63.4 cm³/mol. The van der Waals surface area contributed by atoms with E-state index in [1.165, 1.54) is 12.1 Å². The van der Waals surface area contributed by atoms with E-state index in [0.29, 0.717) is 6.42 Å². The maximum absolute atomic E-state index is 12.0. The van der Waals surface area contributed by atoms with Crippen molar-refractivity contribution in [2.45, 2.75) is 24.4 Å². The molecule has 0 saturated heterocycles. The molecule has 0 aromatic heterocycles. The summed E-state index contributed by atoms with van der Waals surface area (Å²) in [6.07, 6.45) is 0.528. The minimum absolute atomic E-state index is 0.186. The molecule has 0 aliphatic rings. The van der Waals surface area contributed by atoms with Gasteiger partial charge in [0.15, 0.2) is 0 Å². The van der Waals surface area contributed by atoms with Gasteiger partial charge >= 0.3 is 0 Å². The van der Waals surface area contributed by atoms with Gasteiger partial charge in [-0.3, -0.25) is 4.90 Å². The largest absolute Gasteiger partial charge is 0.293 e. The van der Waals surface area contributed by atoms with Crippen LogP contribution < -0.4 is 4.72 Å². The van der Waals surface area contributed by atoms with Gasteiger partial charge in [-0.25, -0.2) is 8.42 Å². The zero-order valence-electron chi connectivity index (χ0n) is 9.77. The Bertz CT molecular complexity index is 415. The topological polar surface area (TPSA) is 49.4 Å². The molecule has 0 amide bonds. The highest BCUT2D eigenvalue weighted by molar-refractivity contribution is 7.89. The molecule has 0 saturated carbocycles. The Labute approximate surface area is 97.3 Å². The van der Waals surface area contributed by atoms with Crippen LogP contribution in [0.25, 0.3) is 0 Å². The molecule has 4 nitrogen and oxygen atoms in total. The fourth-order valence-corrected chi connectivity index (χ4v) is 2.72. The van der Waals surface area contributed by atoms with Gasteiger partial charge in [0.25, 0.3) is 0 Å². The van der Waals surface area contributed by atoms with Gasteiger partial charge in [-0.15, -0.1) is 0 Å². The van der Waals surface area contributed by atoms with Crippen LogP contribution in [-0.2, 0) is 10.0 Å². The number of nitrogens with zero attached hydrogens (tertiary/aromatic N) is 1. The van der Waals surface area contributed by atoms with Gasteiger partial charge < -0.3 is 0 Å². The van der Waals surface area contributed by atoms with E-state index in [2.05, 4.69) is 10.8 Å². The molecule has 0 aliphatic heterocycles. The summed E-state index contributed by atoms with van der Waals surface area (Å²) in [4.78, 5) is 2.11. The second kappa shape index (κ2) is 5.43. The van der Waals surface area contributed by atoms with Crippen molar-refractivity contribution >= 4 is 10.0 Å². The average Bonchev–Trinajstić information content (AvgIpc) is 2.27. The van der Waals surface area contributed by atoms with E-state index in [4.69, 9.17) is 0 Å². The van der Waals surface area contributed by atoms with Gasteiger partial charge in [-0.1, -0.05) is 19.1 Å². The summed E-state index contributed by atoms with van der Waals surface area (Å²) in [6, 6.07) is 9.03. The van der Waals surface area contributed by atoms with E-state index >= 15 is 0 Å². The molecule has 1 aromatic rings. The normalized spacial score (nSPS) is 14.0. The molecule has 5 heteroatoms. The molecule has 0 heterocycles. The van der Waals surface area contributed by atoms with Crippen molar-refractivity contribution in [3.63, 3.8) is 0 Å². The van der Waals surface area contributed by atoms with E-state index in [9.17, 15) is 8.42 Å². The van der Waals surface area contributed by atoms with Crippen LogP contribution in [0.1, 0.15) is 13.3 Å². The lowest BCUT2D eigenvalue weighted by atomic mass is 10.4. The Kier molecular flexibility index (Phi) is 4.46. The zero-order valence-corrected chi connectivity index (χ0v) is 10.6. The highest BCUT2D eigenvalue weighted by Crippen LogP contribution is 2.09. The van der Waals surface area contributed by atoms with E-state index in [1.807, 2.05) is 25.9 Å². The van der Waals surface area contributed by atoms with Crippen LogP contribution in [0, 0.1) is 6.07 Å². The summed E-state index contributed by atoms with van der Waals surface area (Å²) in [6.45, 7) is 1.94. The van der Waals surface area contributed by atoms with Crippen LogP contribution in [0.15, 0.2) is 29.2 Å². The van der Waals surface area contributed by atoms with Crippen molar-refractivity contribution in [2.24, 2.45) is 0 Å². The lowest BCUT2D eigenvalue weighted by Gasteiger charge is -2.23. The van der Waals surface area contributed by atoms with Crippen LogP contribution >= 0.6 is 0 Å². The minimum atomic E-state index is -3.43. The van der Waals surface area contributed by atoms with Crippen LogP contribution in [0.5, 0.6) is 0 Å². The van der Waals surface area contributed by atoms with E-state index in [-0.39, 0.29) is 11.1 Å². The molecule has 1 N–H and O–H groups in total. The molecule has 1 atom stereocenters. The first-order valence-corrected chi connectivity index (χ1v) is 6.60. The fourth-order valence-electron chi connectivity index (χ4n) is 1.35. The van der Waals surface area contributed by atoms with Crippen LogP contribution in [0.3, 0.4) is 0 Å². The first-order chi connectivity index (χ1) is 7.47. The second-order valence-electron chi connectivity index (χ2n) is 3.74. The van der Waals surface area contributed by atoms with Crippen LogP contribution in [0.4, 0.5) is 0 Å². The summed E-state index contributed by atoms with van der Waals surface area (Å²) in [5, 5.41) is 0. The van der Waals surface area contributed by atoms with Gasteiger partial charge in [0.2, 0.25) is 10.0 Å². The number of benzene rings is 1. The van der Waals surface area contributed by atoms with Crippen molar-refractivity contribution in [2.75, 3.05) is 14.1 Å². The molecule has 0 fully saturated rings. The van der Waals surface area contributed by atoms with Crippen molar-refractivity contribution in [1.82, 2.24) is 9.62 Å². The monoisotopic (exact) mass is 241 g/mol. The Hall–Kier alpha value is -0.910. The molecule has 0 bridgehead atoms. The Morgan fingerprint density at radius 1 is 1.38 bits per heavy atom. The van der Waals surface area contributed by atoms with E-state index in [1.54, 1.807) is 12.1 Å². The molecule has 16 heavy (non-hydrogen) atoms. The lowest BCUT2D eigenvalue weighted by Crippen LogP contribution is -2.44. The maximum Gasteiger partial charge on any atom is 0.241 e. The molecule has 0 spiro atoms. The highest BCUT2D eigenvalue weighted by Gasteiger charge is 2.19. The third-order valence-corrected chi connectivity index (χ3v) is 3.77. The average molecular weight is 241 g/mol. The lowest BCUT2D eigenvalue weighted by molar-refractivity contribution is 0.271. The SMILES string of the molecule is CCC(NS(=O)(=O)c1cc[c]cc1)N(C)C. The van der Waals surface area contributed by atoms with Crippen LogP contribution in [0.2, 0.25) is 0 Å². The Morgan fingerprint density at radius 3 is 2.38 bits per heavy atom. The van der Waals surface area contributed by atoms with Gasteiger partial charge in [-0.2, -0.15) is 4.72 Å². The first-order valence-electron chi connectivity index (χ1n) is 5.12. The van der Waals surface area contributed by atoms with Crippen LogP contribution in [-0.4, -0.2) is 33.6 Å². The second-order valence-corrected chi connectivity index (χ2v) is 5.46. The number of sulfonamides is 1. The van der Waals surface area contributed by atoms with Crippen molar-refractivity contribution in [1.29, 1.82) is 0 Å². The molecule has 1 rings (SSSR count). The van der Waals surface area contributed by atoms with Gasteiger partial charge in [0.1, 0.15) is 0 Å². The third-order valence-electron chi connectivity index (χ3n) is 2.30. The Balaban J connectivity index is 2.88. The summed E-state index contributed by atoms with van der Waals surface area (Å²) in [5.41, 5.74) is 0. The molecule has 1 radical (unpaired) electrons. The third kappa shape index (κ3) is 3.30. The fraction of sp³-hybridized carbons (Fsp3) is 0.455. The zero-order chi connectivity index (χ0) is 12.2. The first kappa shape index (κ1) is 13.2. The number of nitrogens with one attached hydrogen (secondary N) is 1. The molecule has 1 aromatic carbocycles.